The number of hydrogen-bond acceptors (Lipinski definition) is 4. The van der Waals surface area contributed by atoms with Gasteiger partial charge in [-0.3, -0.25) is 4.90 Å². The average molecular weight is 339 g/mol. The van der Waals surface area contributed by atoms with Gasteiger partial charge in [0, 0.05) is 50.9 Å². The first-order valence-corrected chi connectivity index (χ1v) is 9.07. The lowest BCUT2D eigenvalue weighted by Gasteiger charge is -2.35. The normalized spacial score (nSPS) is 17.4. The van der Waals surface area contributed by atoms with Gasteiger partial charge in [0.1, 0.15) is 5.75 Å². The van der Waals surface area contributed by atoms with Crippen LogP contribution in [0.2, 0.25) is 0 Å². The van der Waals surface area contributed by atoms with Crippen molar-refractivity contribution in [1.29, 1.82) is 0 Å². The molecule has 25 heavy (non-hydrogen) atoms. The van der Waals surface area contributed by atoms with Crippen LogP contribution in [-0.4, -0.2) is 56.7 Å². The van der Waals surface area contributed by atoms with E-state index in [1.54, 1.807) is 7.11 Å². The maximum absolute atomic E-state index is 5.49. The summed E-state index contributed by atoms with van der Waals surface area (Å²) in [7, 11) is 3.93. The van der Waals surface area contributed by atoms with Gasteiger partial charge in [0.2, 0.25) is 0 Å². The van der Waals surface area contributed by atoms with Crippen LogP contribution in [-0.2, 0) is 6.54 Å². The van der Waals surface area contributed by atoms with Gasteiger partial charge in [0.15, 0.2) is 0 Å². The summed E-state index contributed by atoms with van der Waals surface area (Å²) in [4.78, 5) is 4.96. The summed E-state index contributed by atoms with van der Waals surface area (Å²) in [6, 6.07) is 19.3. The second-order valence-corrected chi connectivity index (χ2v) is 6.76. The van der Waals surface area contributed by atoms with E-state index in [0.29, 0.717) is 6.04 Å². The summed E-state index contributed by atoms with van der Waals surface area (Å²) >= 11 is 0. The molecule has 0 aliphatic carbocycles. The SMILES string of the molecule is COc1ccccc1CNC(CN1CCN(C)CC1)c1ccccc1. The van der Waals surface area contributed by atoms with E-state index in [9.17, 15) is 0 Å². The van der Waals surface area contributed by atoms with Gasteiger partial charge in [0.05, 0.1) is 7.11 Å². The molecule has 2 aromatic carbocycles. The molecule has 1 heterocycles. The van der Waals surface area contributed by atoms with Gasteiger partial charge in [-0.25, -0.2) is 0 Å². The van der Waals surface area contributed by atoms with Crippen LogP contribution in [0, 0.1) is 0 Å². The lowest BCUT2D eigenvalue weighted by Crippen LogP contribution is -2.47. The molecule has 1 unspecified atom stereocenters. The molecule has 0 radical (unpaired) electrons. The van der Waals surface area contributed by atoms with Gasteiger partial charge in [-0.05, 0) is 18.7 Å². The standard InChI is InChI=1S/C21H29N3O/c1-23-12-14-24(15-13-23)17-20(18-8-4-3-5-9-18)22-16-19-10-6-7-11-21(19)25-2/h3-11,20,22H,12-17H2,1-2H3. The van der Waals surface area contributed by atoms with Gasteiger partial charge >= 0.3 is 0 Å². The van der Waals surface area contributed by atoms with Crippen molar-refractivity contribution in [2.24, 2.45) is 0 Å². The molecule has 1 N–H and O–H groups in total. The van der Waals surface area contributed by atoms with Crippen LogP contribution < -0.4 is 10.1 Å². The number of piperazine rings is 1. The zero-order valence-electron chi connectivity index (χ0n) is 15.3. The van der Waals surface area contributed by atoms with Gasteiger partial charge in [0.25, 0.3) is 0 Å². The highest BCUT2D eigenvalue weighted by Gasteiger charge is 2.19. The van der Waals surface area contributed by atoms with Crippen molar-refractivity contribution in [3.8, 4) is 5.75 Å². The molecule has 0 saturated carbocycles. The van der Waals surface area contributed by atoms with E-state index in [-0.39, 0.29) is 0 Å². The van der Waals surface area contributed by atoms with Crippen LogP contribution in [0.5, 0.6) is 5.75 Å². The third-order valence-electron chi connectivity index (χ3n) is 4.97. The molecular formula is C21H29N3O. The van der Waals surface area contributed by atoms with Crippen molar-refractivity contribution >= 4 is 0 Å². The van der Waals surface area contributed by atoms with Crippen molar-refractivity contribution in [3.63, 3.8) is 0 Å². The van der Waals surface area contributed by atoms with Crippen LogP contribution in [0.15, 0.2) is 54.6 Å². The van der Waals surface area contributed by atoms with Gasteiger partial charge < -0.3 is 15.0 Å². The molecule has 3 rings (SSSR count). The maximum Gasteiger partial charge on any atom is 0.123 e. The van der Waals surface area contributed by atoms with Crippen molar-refractivity contribution in [2.75, 3.05) is 46.9 Å². The summed E-state index contributed by atoms with van der Waals surface area (Å²) in [5.41, 5.74) is 2.54. The van der Waals surface area contributed by atoms with Gasteiger partial charge in [-0.2, -0.15) is 0 Å². The Labute approximate surface area is 151 Å². The second kappa shape index (κ2) is 8.99. The molecule has 1 atom stereocenters. The second-order valence-electron chi connectivity index (χ2n) is 6.76. The molecule has 0 bridgehead atoms. The fraction of sp³-hybridized carbons (Fsp3) is 0.429. The van der Waals surface area contributed by atoms with Gasteiger partial charge in [-0.1, -0.05) is 48.5 Å². The van der Waals surface area contributed by atoms with Crippen LogP contribution in [0.25, 0.3) is 0 Å². The molecular weight excluding hydrogens is 310 g/mol. The largest absolute Gasteiger partial charge is 0.496 e. The Morgan fingerprint density at radius 1 is 0.960 bits per heavy atom. The average Bonchev–Trinajstić information content (AvgIpc) is 2.67. The predicted molar refractivity (Wildman–Crippen MR) is 103 cm³/mol. The Hall–Kier alpha value is -1.88. The maximum atomic E-state index is 5.49. The minimum absolute atomic E-state index is 0.314. The number of hydrogen-bond donors (Lipinski definition) is 1. The molecule has 134 valence electrons. The zero-order chi connectivity index (χ0) is 17.5. The summed E-state index contributed by atoms with van der Waals surface area (Å²) in [6.45, 7) is 6.40. The number of nitrogens with zero attached hydrogens (tertiary/aromatic N) is 2. The Bertz CT molecular complexity index is 639. The van der Waals surface area contributed by atoms with E-state index in [1.807, 2.05) is 12.1 Å². The van der Waals surface area contributed by atoms with Crippen LogP contribution in [0.3, 0.4) is 0 Å². The summed E-state index contributed by atoms with van der Waals surface area (Å²) in [5, 5.41) is 3.75. The minimum atomic E-state index is 0.314. The first-order chi connectivity index (χ1) is 12.3. The summed E-state index contributed by atoms with van der Waals surface area (Å²) in [5.74, 6) is 0.946. The smallest absolute Gasteiger partial charge is 0.123 e. The Kier molecular flexibility index (Phi) is 6.45. The van der Waals surface area contributed by atoms with E-state index >= 15 is 0 Å². The van der Waals surface area contributed by atoms with E-state index in [4.69, 9.17) is 4.74 Å². The van der Waals surface area contributed by atoms with Gasteiger partial charge in [-0.15, -0.1) is 0 Å². The molecule has 2 aromatic rings. The van der Waals surface area contributed by atoms with Crippen molar-refractivity contribution < 1.29 is 4.74 Å². The molecule has 0 aromatic heterocycles. The van der Waals surface area contributed by atoms with Crippen LogP contribution in [0.1, 0.15) is 17.2 Å². The molecule has 1 saturated heterocycles. The number of para-hydroxylation sites is 1. The molecule has 1 aliphatic heterocycles. The quantitative estimate of drug-likeness (QED) is 0.839. The lowest BCUT2D eigenvalue weighted by atomic mass is 10.1. The monoisotopic (exact) mass is 339 g/mol. The Morgan fingerprint density at radius 3 is 2.36 bits per heavy atom. The Balaban J connectivity index is 1.68. The molecule has 0 amide bonds. The first kappa shape index (κ1) is 17.9. The highest BCUT2D eigenvalue weighted by atomic mass is 16.5. The number of benzene rings is 2. The predicted octanol–water partition coefficient (Wildman–Crippen LogP) is 2.77. The number of ether oxygens (including phenoxy) is 1. The van der Waals surface area contributed by atoms with E-state index in [1.165, 1.54) is 11.1 Å². The summed E-state index contributed by atoms with van der Waals surface area (Å²) < 4.78 is 5.49. The first-order valence-electron chi connectivity index (χ1n) is 9.07. The Morgan fingerprint density at radius 2 is 1.64 bits per heavy atom. The fourth-order valence-electron chi connectivity index (χ4n) is 3.34. The van der Waals surface area contributed by atoms with Crippen molar-refractivity contribution in [1.82, 2.24) is 15.1 Å². The van der Waals surface area contributed by atoms with E-state index in [2.05, 4.69) is 64.6 Å². The summed E-state index contributed by atoms with van der Waals surface area (Å²) in [6.07, 6.45) is 0. The number of likely N-dealkylation sites (N-methyl/N-ethyl adjacent to an activating group) is 1. The number of nitrogens with one attached hydrogen (secondary N) is 1. The number of rotatable bonds is 7. The third-order valence-corrected chi connectivity index (χ3v) is 4.97. The van der Waals surface area contributed by atoms with Crippen molar-refractivity contribution in [2.45, 2.75) is 12.6 Å². The third kappa shape index (κ3) is 5.05. The topological polar surface area (TPSA) is 27.7 Å². The van der Waals surface area contributed by atoms with Crippen LogP contribution in [0.4, 0.5) is 0 Å². The van der Waals surface area contributed by atoms with Crippen molar-refractivity contribution in [3.05, 3.63) is 65.7 Å². The molecule has 0 spiro atoms. The lowest BCUT2D eigenvalue weighted by molar-refractivity contribution is 0.141. The van der Waals surface area contributed by atoms with E-state index < -0.39 is 0 Å². The molecule has 4 heteroatoms. The highest BCUT2D eigenvalue weighted by molar-refractivity contribution is 5.33. The van der Waals surface area contributed by atoms with Crippen LogP contribution >= 0.6 is 0 Å². The highest BCUT2D eigenvalue weighted by Crippen LogP contribution is 2.20. The fourth-order valence-corrected chi connectivity index (χ4v) is 3.34. The minimum Gasteiger partial charge on any atom is -0.496 e. The molecule has 1 aliphatic rings. The van der Waals surface area contributed by atoms with E-state index in [0.717, 1.165) is 45.0 Å². The number of methoxy groups -OCH3 is 1. The zero-order valence-corrected chi connectivity index (χ0v) is 15.3. The molecule has 4 nitrogen and oxygen atoms in total. The molecule has 1 fully saturated rings.